The van der Waals surface area contributed by atoms with Gasteiger partial charge in [0.25, 0.3) is 5.56 Å². The minimum absolute atomic E-state index is 0.0390. The SMILES string of the molecule is O=C1NCC[C@@H]1n1cnc2c(F)cccc2c1=O. The molecule has 1 aliphatic heterocycles. The zero-order valence-electron chi connectivity index (χ0n) is 9.39. The van der Waals surface area contributed by atoms with E-state index in [-0.39, 0.29) is 22.4 Å². The molecule has 0 bridgehead atoms. The van der Waals surface area contributed by atoms with Crippen molar-refractivity contribution in [2.24, 2.45) is 0 Å². The number of rotatable bonds is 1. The summed E-state index contributed by atoms with van der Waals surface area (Å²) in [6, 6.07) is 3.68. The molecule has 1 aromatic heterocycles. The highest BCUT2D eigenvalue weighted by atomic mass is 19.1. The second kappa shape index (κ2) is 3.90. The summed E-state index contributed by atoms with van der Waals surface area (Å²) in [5, 5.41) is 2.85. The minimum Gasteiger partial charge on any atom is -0.354 e. The highest BCUT2D eigenvalue weighted by Crippen LogP contribution is 2.16. The van der Waals surface area contributed by atoms with Gasteiger partial charge in [0.05, 0.1) is 11.7 Å². The number of carbonyl (C=O) groups excluding carboxylic acids is 1. The zero-order chi connectivity index (χ0) is 12.7. The standard InChI is InChI=1S/C12H10FN3O2/c13-8-3-1-2-7-10(8)15-6-16(12(7)18)9-4-5-14-11(9)17/h1-3,6,9H,4-5H2,(H,14,17)/t9-/m0/s1. The van der Waals surface area contributed by atoms with Crippen LogP contribution in [0.3, 0.4) is 0 Å². The zero-order valence-corrected chi connectivity index (χ0v) is 9.39. The van der Waals surface area contributed by atoms with Crippen LogP contribution in [0.1, 0.15) is 12.5 Å². The number of benzene rings is 1. The number of nitrogens with one attached hydrogen (secondary N) is 1. The van der Waals surface area contributed by atoms with Crippen LogP contribution in [0, 0.1) is 5.82 Å². The molecule has 1 aromatic carbocycles. The van der Waals surface area contributed by atoms with Crippen molar-refractivity contribution in [3.63, 3.8) is 0 Å². The summed E-state index contributed by atoms with van der Waals surface area (Å²) < 4.78 is 14.7. The van der Waals surface area contributed by atoms with E-state index in [0.29, 0.717) is 13.0 Å². The number of hydrogen-bond acceptors (Lipinski definition) is 3. The van der Waals surface area contributed by atoms with Gasteiger partial charge in [-0.2, -0.15) is 0 Å². The Morgan fingerprint density at radius 3 is 2.94 bits per heavy atom. The third-order valence-electron chi connectivity index (χ3n) is 3.12. The Kier molecular flexibility index (Phi) is 2.36. The lowest BCUT2D eigenvalue weighted by atomic mass is 10.2. The first-order valence-electron chi connectivity index (χ1n) is 5.61. The molecule has 0 unspecified atom stereocenters. The molecule has 0 radical (unpaired) electrons. The molecule has 1 atom stereocenters. The third kappa shape index (κ3) is 1.49. The Bertz CT molecular complexity index is 695. The number of hydrogen-bond donors (Lipinski definition) is 1. The summed E-state index contributed by atoms with van der Waals surface area (Å²) in [5.74, 6) is -0.734. The van der Waals surface area contributed by atoms with Crippen LogP contribution in [0.2, 0.25) is 0 Å². The summed E-state index contributed by atoms with van der Waals surface area (Å²) in [5.41, 5.74) is -0.348. The summed E-state index contributed by atoms with van der Waals surface area (Å²) in [6.45, 7) is 0.539. The monoisotopic (exact) mass is 247 g/mol. The van der Waals surface area contributed by atoms with Crippen molar-refractivity contribution < 1.29 is 9.18 Å². The van der Waals surface area contributed by atoms with E-state index in [1.54, 1.807) is 0 Å². The second-order valence-corrected chi connectivity index (χ2v) is 4.19. The molecule has 3 rings (SSSR count). The maximum atomic E-state index is 13.5. The molecule has 5 nitrogen and oxygen atoms in total. The van der Waals surface area contributed by atoms with Gasteiger partial charge in [0.15, 0.2) is 0 Å². The molecule has 1 aliphatic rings. The number of aromatic nitrogens is 2. The van der Waals surface area contributed by atoms with Gasteiger partial charge in [-0.25, -0.2) is 9.37 Å². The number of amides is 1. The van der Waals surface area contributed by atoms with Gasteiger partial charge in [-0.15, -0.1) is 0 Å². The van der Waals surface area contributed by atoms with Crippen LogP contribution in [0.15, 0.2) is 29.3 Å². The van der Waals surface area contributed by atoms with E-state index in [4.69, 9.17) is 0 Å². The van der Waals surface area contributed by atoms with Crippen molar-refractivity contribution in [2.45, 2.75) is 12.5 Å². The highest BCUT2D eigenvalue weighted by Gasteiger charge is 2.27. The molecule has 2 aromatic rings. The Labute approximate surface area is 101 Å². The van der Waals surface area contributed by atoms with Gasteiger partial charge in [-0.3, -0.25) is 14.2 Å². The maximum Gasteiger partial charge on any atom is 0.262 e. The molecule has 1 amide bonds. The van der Waals surface area contributed by atoms with Crippen molar-refractivity contribution in [3.05, 3.63) is 40.7 Å². The Morgan fingerprint density at radius 1 is 1.39 bits per heavy atom. The number of fused-ring (bicyclic) bond motifs is 1. The lowest BCUT2D eigenvalue weighted by Crippen LogP contribution is -2.30. The van der Waals surface area contributed by atoms with Crippen molar-refractivity contribution in [1.29, 1.82) is 0 Å². The molecule has 1 fully saturated rings. The van der Waals surface area contributed by atoms with Gasteiger partial charge in [0.2, 0.25) is 5.91 Å². The molecule has 0 aliphatic carbocycles. The van der Waals surface area contributed by atoms with Gasteiger partial charge in [-0.05, 0) is 18.6 Å². The van der Waals surface area contributed by atoms with Crippen LogP contribution >= 0.6 is 0 Å². The maximum absolute atomic E-state index is 13.5. The van der Waals surface area contributed by atoms with Crippen LogP contribution < -0.4 is 10.9 Å². The first-order chi connectivity index (χ1) is 8.68. The van der Waals surface area contributed by atoms with Crippen molar-refractivity contribution >= 4 is 16.8 Å². The van der Waals surface area contributed by atoms with E-state index in [0.717, 1.165) is 0 Å². The molecular weight excluding hydrogens is 237 g/mol. The Morgan fingerprint density at radius 2 is 2.22 bits per heavy atom. The predicted octanol–water partition coefficient (Wildman–Crippen LogP) is 0.597. The molecule has 0 spiro atoms. The summed E-state index contributed by atoms with van der Waals surface area (Å²) in [6.07, 6.45) is 1.78. The average Bonchev–Trinajstić information content (AvgIpc) is 2.77. The number of nitrogens with zero attached hydrogens (tertiary/aromatic N) is 2. The number of halogens is 1. The lowest BCUT2D eigenvalue weighted by Gasteiger charge is -2.11. The first-order valence-corrected chi connectivity index (χ1v) is 5.61. The average molecular weight is 247 g/mol. The van der Waals surface area contributed by atoms with E-state index in [1.807, 2.05) is 0 Å². The van der Waals surface area contributed by atoms with Crippen molar-refractivity contribution in [1.82, 2.24) is 14.9 Å². The van der Waals surface area contributed by atoms with Crippen LogP contribution in [-0.2, 0) is 4.79 Å². The van der Waals surface area contributed by atoms with Crippen LogP contribution in [-0.4, -0.2) is 22.0 Å². The largest absolute Gasteiger partial charge is 0.354 e. The smallest absolute Gasteiger partial charge is 0.262 e. The third-order valence-corrected chi connectivity index (χ3v) is 3.12. The summed E-state index contributed by atoms with van der Waals surface area (Å²) >= 11 is 0. The van der Waals surface area contributed by atoms with Gasteiger partial charge >= 0.3 is 0 Å². The second-order valence-electron chi connectivity index (χ2n) is 4.19. The van der Waals surface area contributed by atoms with Crippen molar-refractivity contribution in [2.75, 3.05) is 6.54 Å². The van der Waals surface area contributed by atoms with Crippen molar-refractivity contribution in [3.8, 4) is 0 Å². The molecular formula is C12H10FN3O2. The molecule has 18 heavy (non-hydrogen) atoms. The van der Waals surface area contributed by atoms with E-state index in [9.17, 15) is 14.0 Å². The van der Waals surface area contributed by atoms with Gasteiger partial charge in [0, 0.05) is 6.54 Å². The van der Waals surface area contributed by atoms with Gasteiger partial charge in [0.1, 0.15) is 17.4 Å². The number of carbonyl (C=O) groups is 1. The normalized spacial score (nSPS) is 19.2. The topological polar surface area (TPSA) is 64.0 Å². The molecule has 1 N–H and O–H groups in total. The van der Waals surface area contributed by atoms with Crippen LogP contribution in [0.4, 0.5) is 4.39 Å². The first kappa shape index (κ1) is 10.9. The quantitative estimate of drug-likeness (QED) is 0.802. The molecule has 0 saturated carbocycles. The molecule has 2 heterocycles. The van der Waals surface area contributed by atoms with E-state index in [1.165, 1.54) is 29.1 Å². The Hall–Kier alpha value is -2.24. The molecule has 6 heteroatoms. The Balaban J connectivity index is 2.24. The fourth-order valence-electron chi connectivity index (χ4n) is 2.20. The molecule has 92 valence electrons. The van der Waals surface area contributed by atoms with Crippen LogP contribution in [0.25, 0.3) is 10.9 Å². The number of para-hydroxylation sites is 1. The van der Waals surface area contributed by atoms with Gasteiger partial charge in [-0.1, -0.05) is 6.07 Å². The van der Waals surface area contributed by atoms with Crippen LogP contribution in [0.5, 0.6) is 0 Å². The molecule has 1 saturated heterocycles. The summed E-state index contributed by atoms with van der Waals surface area (Å²) in [4.78, 5) is 27.7. The lowest BCUT2D eigenvalue weighted by molar-refractivity contribution is -0.121. The fourth-order valence-corrected chi connectivity index (χ4v) is 2.20. The fraction of sp³-hybridized carbons (Fsp3) is 0.250. The van der Waals surface area contributed by atoms with E-state index >= 15 is 0 Å². The minimum atomic E-state index is -0.544. The van der Waals surface area contributed by atoms with E-state index < -0.39 is 11.9 Å². The highest BCUT2D eigenvalue weighted by molar-refractivity contribution is 5.83. The van der Waals surface area contributed by atoms with Gasteiger partial charge < -0.3 is 5.32 Å². The predicted molar refractivity (Wildman–Crippen MR) is 62.6 cm³/mol. The summed E-state index contributed by atoms with van der Waals surface area (Å²) in [7, 11) is 0. The van der Waals surface area contributed by atoms with E-state index in [2.05, 4.69) is 10.3 Å².